The van der Waals surface area contributed by atoms with Crippen molar-refractivity contribution >= 4 is 41.7 Å². The third-order valence-electron chi connectivity index (χ3n) is 4.11. The molecular formula is C15H29IN6S. The highest BCUT2D eigenvalue weighted by molar-refractivity contribution is 14.0. The summed E-state index contributed by atoms with van der Waals surface area (Å²) < 4.78 is 1.99. The number of hydrogen-bond donors (Lipinski definition) is 2. The minimum atomic E-state index is 0. The monoisotopic (exact) mass is 452 g/mol. The van der Waals surface area contributed by atoms with E-state index in [1.165, 1.54) is 32.1 Å². The fourth-order valence-electron chi connectivity index (χ4n) is 2.60. The molecule has 0 unspecified atom stereocenters. The number of rotatable bonds is 6. The highest BCUT2D eigenvalue weighted by atomic mass is 127. The van der Waals surface area contributed by atoms with E-state index < -0.39 is 0 Å². The minimum Gasteiger partial charge on any atom is -0.356 e. The summed E-state index contributed by atoms with van der Waals surface area (Å²) in [6.07, 6.45) is 8.60. The van der Waals surface area contributed by atoms with Gasteiger partial charge < -0.3 is 15.2 Å². The van der Waals surface area contributed by atoms with Gasteiger partial charge in [-0.2, -0.15) is 11.8 Å². The molecule has 0 atom stereocenters. The molecule has 2 rings (SSSR count). The molecule has 0 radical (unpaired) electrons. The lowest BCUT2D eigenvalue weighted by atomic mass is 9.96. The zero-order valence-corrected chi connectivity index (χ0v) is 17.5. The average molecular weight is 452 g/mol. The van der Waals surface area contributed by atoms with Crippen LogP contribution < -0.4 is 10.6 Å². The zero-order chi connectivity index (χ0) is 15.8. The summed E-state index contributed by atoms with van der Waals surface area (Å²) >= 11 is 1.84. The molecule has 0 amide bonds. The number of hydrogen-bond acceptors (Lipinski definition) is 4. The number of aliphatic imine (C=N–C) groups is 1. The number of aryl methyl sites for hydroxylation is 1. The van der Waals surface area contributed by atoms with Gasteiger partial charge in [0.1, 0.15) is 12.4 Å². The van der Waals surface area contributed by atoms with Crippen molar-refractivity contribution in [1.29, 1.82) is 0 Å². The van der Waals surface area contributed by atoms with Gasteiger partial charge in [0.05, 0.1) is 0 Å². The number of nitrogens with zero attached hydrogens (tertiary/aromatic N) is 4. The third kappa shape index (κ3) is 6.86. The first-order chi connectivity index (χ1) is 10.7. The maximum Gasteiger partial charge on any atom is 0.191 e. The van der Waals surface area contributed by atoms with Gasteiger partial charge in [0.25, 0.3) is 0 Å². The van der Waals surface area contributed by atoms with Crippen molar-refractivity contribution in [2.24, 2.45) is 12.0 Å². The van der Waals surface area contributed by atoms with Crippen LogP contribution in [0.15, 0.2) is 4.99 Å². The van der Waals surface area contributed by atoms with Gasteiger partial charge in [0, 0.05) is 25.4 Å². The summed E-state index contributed by atoms with van der Waals surface area (Å²) in [5.41, 5.74) is 0. The molecule has 0 aromatic carbocycles. The number of guanidine groups is 1. The molecule has 1 aromatic rings. The third-order valence-corrected chi connectivity index (χ3v) is 4.72. The van der Waals surface area contributed by atoms with E-state index in [0.717, 1.165) is 29.9 Å². The molecule has 1 fully saturated rings. The summed E-state index contributed by atoms with van der Waals surface area (Å²) in [5.74, 6) is 3.80. The predicted molar refractivity (Wildman–Crippen MR) is 109 cm³/mol. The quantitative estimate of drug-likeness (QED) is 0.301. The van der Waals surface area contributed by atoms with E-state index in [0.29, 0.717) is 12.6 Å². The van der Waals surface area contributed by atoms with E-state index in [1.807, 2.05) is 30.3 Å². The van der Waals surface area contributed by atoms with Gasteiger partial charge >= 0.3 is 0 Å². The second-order valence-electron chi connectivity index (χ2n) is 5.79. The maximum absolute atomic E-state index is 4.70. The van der Waals surface area contributed by atoms with Crippen LogP contribution in [-0.4, -0.2) is 45.3 Å². The van der Waals surface area contributed by atoms with Crippen LogP contribution in [0.4, 0.5) is 0 Å². The summed E-state index contributed by atoms with van der Waals surface area (Å²) in [5, 5.41) is 15.3. The highest BCUT2D eigenvalue weighted by Crippen LogP contribution is 2.17. The fraction of sp³-hybridized carbons (Fsp3) is 0.800. The molecule has 1 aromatic heterocycles. The lowest BCUT2D eigenvalue weighted by Crippen LogP contribution is -2.45. The standard InChI is InChI=1S/C15H28N6S.HI/c1-12-19-20-14(21(12)2)11-17-15(16-9-10-22-3)18-13-7-5-4-6-8-13;/h13H,4-11H2,1-3H3,(H2,16,17,18);1H. The Hall–Kier alpha value is -0.510. The van der Waals surface area contributed by atoms with Crippen LogP contribution >= 0.6 is 35.7 Å². The first-order valence-corrected chi connectivity index (χ1v) is 9.48. The molecule has 0 spiro atoms. The van der Waals surface area contributed by atoms with Crippen LogP contribution in [0.1, 0.15) is 43.8 Å². The highest BCUT2D eigenvalue weighted by Gasteiger charge is 2.14. The molecule has 2 N–H and O–H groups in total. The Kier molecular flexibility index (Phi) is 9.92. The lowest BCUT2D eigenvalue weighted by molar-refractivity contribution is 0.410. The second-order valence-corrected chi connectivity index (χ2v) is 6.77. The Balaban J connectivity index is 0.00000264. The van der Waals surface area contributed by atoms with E-state index in [1.54, 1.807) is 0 Å². The van der Waals surface area contributed by atoms with E-state index in [2.05, 4.69) is 27.1 Å². The largest absolute Gasteiger partial charge is 0.356 e. The Morgan fingerprint density at radius 2 is 2.04 bits per heavy atom. The normalized spacial score (nSPS) is 16.0. The van der Waals surface area contributed by atoms with Gasteiger partial charge in [-0.3, -0.25) is 0 Å². The summed E-state index contributed by atoms with van der Waals surface area (Å²) in [6.45, 7) is 3.44. The van der Waals surface area contributed by atoms with Crippen LogP contribution in [0.2, 0.25) is 0 Å². The van der Waals surface area contributed by atoms with Crippen LogP contribution in [0.5, 0.6) is 0 Å². The van der Waals surface area contributed by atoms with Crippen molar-refractivity contribution in [1.82, 2.24) is 25.4 Å². The second kappa shape index (κ2) is 11.1. The first-order valence-electron chi connectivity index (χ1n) is 8.09. The van der Waals surface area contributed by atoms with Crippen LogP contribution in [0.25, 0.3) is 0 Å². The van der Waals surface area contributed by atoms with Gasteiger partial charge in [0.2, 0.25) is 0 Å². The molecule has 1 aliphatic rings. The van der Waals surface area contributed by atoms with Crippen molar-refractivity contribution in [2.75, 3.05) is 18.6 Å². The Labute approximate surface area is 160 Å². The van der Waals surface area contributed by atoms with E-state index in [9.17, 15) is 0 Å². The molecule has 1 aliphatic carbocycles. The fourth-order valence-corrected chi connectivity index (χ4v) is 2.91. The topological polar surface area (TPSA) is 67.1 Å². The molecule has 0 saturated heterocycles. The summed E-state index contributed by atoms with van der Waals surface area (Å²) in [4.78, 5) is 4.70. The molecule has 0 aliphatic heterocycles. The van der Waals surface area contributed by atoms with E-state index >= 15 is 0 Å². The SMILES string of the molecule is CSCCNC(=NCc1nnc(C)n1C)NC1CCCCC1.I. The van der Waals surface area contributed by atoms with Crippen LogP contribution in [-0.2, 0) is 13.6 Å². The van der Waals surface area contributed by atoms with Crippen molar-refractivity contribution in [2.45, 2.75) is 51.6 Å². The van der Waals surface area contributed by atoms with Crippen molar-refractivity contribution in [3.05, 3.63) is 11.6 Å². The lowest BCUT2D eigenvalue weighted by Gasteiger charge is -2.25. The maximum atomic E-state index is 4.70. The molecule has 6 nitrogen and oxygen atoms in total. The van der Waals surface area contributed by atoms with Crippen LogP contribution in [0.3, 0.4) is 0 Å². The number of nitrogens with one attached hydrogen (secondary N) is 2. The number of thioether (sulfide) groups is 1. The van der Waals surface area contributed by atoms with Crippen molar-refractivity contribution in [3.8, 4) is 0 Å². The molecule has 1 saturated carbocycles. The van der Waals surface area contributed by atoms with Gasteiger partial charge in [-0.1, -0.05) is 19.3 Å². The van der Waals surface area contributed by atoms with Crippen molar-refractivity contribution in [3.63, 3.8) is 0 Å². The average Bonchev–Trinajstić information content (AvgIpc) is 2.85. The molecule has 8 heteroatoms. The van der Waals surface area contributed by atoms with Gasteiger partial charge in [-0.25, -0.2) is 4.99 Å². The molecule has 0 bridgehead atoms. The number of aromatic nitrogens is 3. The Morgan fingerprint density at radius 1 is 1.30 bits per heavy atom. The smallest absolute Gasteiger partial charge is 0.191 e. The van der Waals surface area contributed by atoms with Gasteiger partial charge in [-0.05, 0) is 26.0 Å². The van der Waals surface area contributed by atoms with E-state index in [-0.39, 0.29) is 24.0 Å². The molecular weight excluding hydrogens is 423 g/mol. The minimum absolute atomic E-state index is 0. The summed E-state index contributed by atoms with van der Waals surface area (Å²) in [6, 6.07) is 0.551. The molecule has 23 heavy (non-hydrogen) atoms. The Morgan fingerprint density at radius 3 is 2.65 bits per heavy atom. The van der Waals surface area contributed by atoms with Crippen molar-refractivity contribution < 1.29 is 0 Å². The van der Waals surface area contributed by atoms with Gasteiger partial charge in [-0.15, -0.1) is 34.2 Å². The van der Waals surface area contributed by atoms with Gasteiger partial charge in [0.15, 0.2) is 11.8 Å². The first kappa shape index (κ1) is 20.5. The predicted octanol–water partition coefficient (Wildman–Crippen LogP) is 2.47. The molecule has 132 valence electrons. The number of halogens is 1. The van der Waals surface area contributed by atoms with Crippen LogP contribution in [0, 0.1) is 6.92 Å². The Bertz CT molecular complexity index is 484. The van der Waals surface area contributed by atoms with E-state index in [4.69, 9.17) is 4.99 Å². The molecule has 1 heterocycles. The summed E-state index contributed by atoms with van der Waals surface area (Å²) in [7, 11) is 1.98. The zero-order valence-electron chi connectivity index (χ0n) is 14.3.